The topological polar surface area (TPSA) is 59.0 Å². The molecule has 0 spiro atoms. The Morgan fingerprint density at radius 3 is 2.67 bits per heavy atom. The van der Waals surface area contributed by atoms with Crippen LogP contribution < -0.4 is 10.6 Å². The highest BCUT2D eigenvalue weighted by Crippen LogP contribution is 2.14. The van der Waals surface area contributed by atoms with E-state index in [0.29, 0.717) is 6.54 Å². The lowest BCUT2D eigenvalue weighted by molar-refractivity contribution is 0.251. The van der Waals surface area contributed by atoms with Crippen molar-refractivity contribution < 1.29 is 9.18 Å². The average Bonchev–Trinajstić information content (AvgIpc) is 2.74. The van der Waals surface area contributed by atoms with Gasteiger partial charge in [0.15, 0.2) is 0 Å². The van der Waals surface area contributed by atoms with E-state index >= 15 is 0 Å². The van der Waals surface area contributed by atoms with Gasteiger partial charge in [-0.3, -0.25) is 4.68 Å². The maximum Gasteiger partial charge on any atom is 0.319 e. The van der Waals surface area contributed by atoms with Crippen LogP contribution in [0, 0.1) is 19.7 Å². The summed E-state index contributed by atoms with van der Waals surface area (Å²) in [6.45, 7) is 7.04. The smallest absolute Gasteiger partial charge is 0.319 e. The van der Waals surface area contributed by atoms with Crippen LogP contribution in [0.1, 0.15) is 23.9 Å². The molecule has 0 aliphatic heterocycles. The Balaban J connectivity index is 1.99. The fraction of sp³-hybridized carbons (Fsp3) is 0.333. The summed E-state index contributed by atoms with van der Waals surface area (Å²) >= 11 is 0. The van der Waals surface area contributed by atoms with Gasteiger partial charge in [-0.05, 0) is 32.9 Å². The van der Waals surface area contributed by atoms with E-state index in [4.69, 9.17) is 0 Å². The summed E-state index contributed by atoms with van der Waals surface area (Å²) in [5.41, 5.74) is 3.06. The molecule has 1 aromatic heterocycles. The molecule has 2 N–H and O–H groups in total. The fourth-order valence-corrected chi connectivity index (χ4v) is 2.20. The largest absolute Gasteiger partial charge is 0.334 e. The molecule has 112 valence electrons. The zero-order valence-corrected chi connectivity index (χ0v) is 12.4. The number of nitrogens with zero attached hydrogens (tertiary/aromatic N) is 2. The molecule has 1 heterocycles. The van der Waals surface area contributed by atoms with Crippen LogP contribution in [0.3, 0.4) is 0 Å². The van der Waals surface area contributed by atoms with Gasteiger partial charge >= 0.3 is 6.03 Å². The Bertz CT molecular complexity index is 651. The van der Waals surface area contributed by atoms with Crippen LogP contribution in [0.5, 0.6) is 0 Å². The zero-order chi connectivity index (χ0) is 15.4. The maximum absolute atomic E-state index is 13.4. The number of rotatable bonds is 4. The van der Waals surface area contributed by atoms with Crippen LogP contribution in [0.25, 0.3) is 0 Å². The number of nitrogens with one attached hydrogen (secondary N) is 2. The first-order valence-electron chi connectivity index (χ1n) is 6.85. The summed E-state index contributed by atoms with van der Waals surface area (Å²) in [5, 5.41) is 9.60. The molecule has 21 heavy (non-hydrogen) atoms. The summed E-state index contributed by atoms with van der Waals surface area (Å²) in [6.07, 6.45) is 0. The Morgan fingerprint density at radius 2 is 2.05 bits per heavy atom. The molecule has 1 aromatic carbocycles. The molecule has 5 nitrogen and oxygen atoms in total. The molecule has 0 saturated carbocycles. The minimum absolute atomic E-state index is 0.160. The first-order valence-corrected chi connectivity index (χ1v) is 6.85. The summed E-state index contributed by atoms with van der Waals surface area (Å²) in [6, 6.07) is 5.61. The van der Waals surface area contributed by atoms with Crippen LogP contribution in [-0.2, 0) is 13.1 Å². The quantitative estimate of drug-likeness (QED) is 0.909. The lowest BCUT2D eigenvalue weighted by Gasteiger charge is -2.09. The Hall–Kier alpha value is -2.37. The number of hydrogen-bond donors (Lipinski definition) is 2. The number of hydrogen-bond acceptors (Lipinski definition) is 2. The average molecular weight is 290 g/mol. The van der Waals surface area contributed by atoms with Gasteiger partial charge in [-0.15, -0.1) is 0 Å². The molecule has 6 heteroatoms. The van der Waals surface area contributed by atoms with Crippen molar-refractivity contribution >= 4 is 11.7 Å². The van der Waals surface area contributed by atoms with E-state index in [1.165, 1.54) is 12.1 Å². The number of urea groups is 1. The van der Waals surface area contributed by atoms with Gasteiger partial charge in [0.05, 0.1) is 11.4 Å². The third kappa shape index (κ3) is 3.39. The van der Waals surface area contributed by atoms with Crippen molar-refractivity contribution in [3.63, 3.8) is 0 Å². The van der Waals surface area contributed by atoms with E-state index in [2.05, 4.69) is 15.7 Å². The van der Waals surface area contributed by atoms with E-state index in [1.807, 2.05) is 25.5 Å². The maximum atomic E-state index is 13.4. The normalized spacial score (nSPS) is 10.5. The number of benzene rings is 1. The van der Waals surface area contributed by atoms with Crippen molar-refractivity contribution in [2.75, 3.05) is 5.32 Å². The van der Waals surface area contributed by atoms with Gasteiger partial charge in [-0.2, -0.15) is 5.10 Å². The number of carbonyl (C=O) groups excluding carboxylic acids is 1. The van der Waals surface area contributed by atoms with Crippen LogP contribution >= 0.6 is 0 Å². The minimum atomic E-state index is -0.459. The molecule has 0 fully saturated rings. The summed E-state index contributed by atoms with van der Waals surface area (Å²) in [4.78, 5) is 11.8. The highest BCUT2D eigenvalue weighted by atomic mass is 19.1. The second-order valence-corrected chi connectivity index (χ2v) is 4.75. The van der Waals surface area contributed by atoms with Crippen LogP contribution in [-0.4, -0.2) is 15.8 Å². The summed E-state index contributed by atoms with van der Waals surface area (Å²) in [7, 11) is 0. The molecular formula is C15H19FN4O. The van der Waals surface area contributed by atoms with Gasteiger partial charge in [0, 0.05) is 24.3 Å². The summed E-state index contributed by atoms with van der Waals surface area (Å²) < 4.78 is 15.3. The molecule has 0 saturated heterocycles. The number of aromatic nitrogens is 2. The predicted molar refractivity (Wildman–Crippen MR) is 79.6 cm³/mol. The molecule has 0 atom stereocenters. The van der Waals surface area contributed by atoms with Gasteiger partial charge in [-0.25, -0.2) is 9.18 Å². The number of para-hydroxylation sites is 1. The number of amides is 2. The molecule has 0 unspecified atom stereocenters. The molecule has 0 bridgehead atoms. The van der Waals surface area contributed by atoms with Crippen LogP contribution in [0.15, 0.2) is 24.3 Å². The molecule has 0 aliphatic rings. The lowest BCUT2D eigenvalue weighted by atomic mass is 10.2. The van der Waals surface area contributed by atoms with Crippen LogP contribution in [0.2, 0.25) is 0 Å². The molecule has 0 aliphatic carbocycles. The fourth-order valence-electron chi connectivity index (χ4n) is 2.20. The van der Waals surface area contributed by atoms with Gasteiger partial charge in [0.1, 0.15) is 5.82 Å². The van der Waals surface area contributed by atoms with Crippen molar-refractivity contribution in [1.82, 2.24) is 15.1 Å². The van der Waals surface area contributed by atoms with Gasteiger partial charge in [0.2, 0.25) is 0 Å². The minimum Gasteiger partial charge on any atom is -0.334 e. The Labute approximate surface area is 123 Å². The number of carbonyl (C=O) groups is 1. The summed E-state index contributed by atoms with van der Waals surface area (Å²) in [5.74, 6) is -0.459. The van der Waals surface area contributed by atoms with E-state index < -0.39 is 11.8 Å². The van der Waals surface area contributed by atoms with Crippen molar-refractivity contribution in [2.45, 2.75) is 33.9 Å². The Morgan fingerprint density at radius 1 is 1.33 bits per heavy atom. The number of anilines is 1. The van der Waals surface area contributed by atoms with Crippen molar-refractivity contribution in [2.24, 2.45) is 0 Å². The Kier molecular flexibility index (Phi) is 4.57. The third-order valence-electron chi connectivity index (χ3n) is 3.38. The zero-order valence-electron chi connectivity index (χ0n) is 12.4. The van der Waals surface area contributed by atoms with E-state index in [0.717, 1.165) is 23.5 Å². The molecule has 2 amide bonds. The van der Waals surface area contributed by atoms with Crippen molar-refractivity contribution in [1.29, 1.82) is 0 Å². The van der Waals surface area contributed by atoms with Crippen LogP contribution in [0.4, 0.5) is 14.9 Å². The SMILES string of the molecule is CCn1nc(C)c(CNC(=O)Nc2ccccc2F)c1C. The number of aryl methyl sites for hydroxylation is 2. The van der Waals surface area contributed by atoms with Gasteiger partial charge in [0.25, 0.3) is 0 Å². The van der Waals surface area contributed by atoms with E-state index in [9.17, 15) is 9.18 Å². The van der Waals surface area contributed by atoms with E-state index in [1.54, 1.807) is 12.1 Å². The lowest BCUT2D eigenvalue weighted by Crippen LogP contribution is -2.29. The third-order valence-corrected chi connectivity index (χ3v) is 3.38. The molecular weight excluding hydrogens is 271 g/mol. The predicted octanol–water partition coefficient (Wildman–Crippen LogP) is 2.98. The first-order chi connectivity index (χ1) is 10.0. The highest BCUT2D eigenvalue weighted by Gasteiger charge is 2.12. The number of halogens is 1. The standard InChI is InChI=1S/C15H19FN4O/c1-4-20-11(3)12(10(2)19-20)9-17-15(21)18-14-8-6-5-7-13(14)16/h5-8H,4,9H2,1-3H3,(H2,17,18,21). The highest BCUT2D eigenvalue weighted by molar-refractivity contribution is 5.89. The van der Waals surface area contributed by atoms with Gasteiger partial charge < -0.3 is 10.6 Å². The molecule has 0 radical (unpaired) electrons. The molecule has 2 rings (SSSR count). The van der Waals surface area contributed by atoms with Crippen molar-refractivity contribution in [3.8, 4) is 0 Å². The van der Waals surface area contributed by atoms with Gasteiger partial charge in [-0.1, -0.05) is 12.1 Å². The first kappa shape index (κ1) is 15.0. The van der Waals surface area contributed by atoms with Crippen molar-refractivity contribution in [3.05, 3.63) is 47.0 Å². The van der Waals surface area contributed by atoms with E-state index in [-0.39, 0.29) is 5.69 Å². The molecule has 2 aromatic rings. The second kappa shape index (κ2) is 6.39. The second-order valence-electron chi connectivity index (χ2n) is 4.75. The monoisotopic (exact) mass is 290 g/mol.